The first-order valence-corrected chi connectivity index (χ1v) is 7.65. The number of nitrogens with two attached hydrogens (primary N) is 1. The molecule has 1 aliphatic rings. The van der Waals surface area contributed by atoms with Crippen molar-refractivity contribution < 1.29 is 14.1 Å². The average molecular weight is 320 g/mol. The van der Waals surface area contributed by atoms with Gasteiger partial charge < -0.3 is 20.5 Å². The van der Waals surface area contributed by atoms with Gasteiger partial charge in [0.1, 0.15) is 10.8 Å². The molecule has 1 aliphatic heterocycles. The van der Waals surface area contributed by atoms with E-state index in [1.807, 2.05) is 7.05 Å². The molecule has 0 spiro atoms. The van der Waals surface area contributed by atoms with Crippen LogP contribution in [0.2, 0.25) is 0 Å². The van der Waals surface area contributed by atoms with E-state index in [4.69, 9.17) is 10.3 Å². The first kappa shape index (κ1) is 14.7. The summed E-state index contributed by atoms with van der Waals surface area (Å²) in [6.45, 7) is 3.32. The van der Waals surface area contributed by atoms with E-state index < -0.39 is 11.8 Å². The lowest BCUT2D eigenvalue weighted by Crippen LogP contribution is -2.27. The van der Waals surface area contributed by atoms with Gasteiger partial charge in [0, 0.05) is 24.0 Å². The van der Waals surface area contributed by atoms with Crippen LogP contribution in [0.1, 0.15) is 37.0 Å². The Hall–Kier alpha value is -2.19. The standard InChI is InChI=1S/C14H16N4O3S/c1-7-5-9(17-21-7)13(20)16-14-11(12(15)19)8-3-4-18(2)6-10(8)22-14/h5H,3-4,6H2,1-2H3,(H2,15,19)(H,16,20). The predicted molar refractivity (Wildman–Crippen MR) is 82.1 cm³/mol. The summed E-state index contributed by atoms with van der Waals surface area (Å²) in [5.41, 5.74) is 7.05. The summed E-state index contributed by atoms with van der Waals surface area (Å²) in [5.74, 6) is -0.382. The molecule has 3 N–H and O–H groups in total. The van der Waals surface area contributed by atoms with Crippen molar-refractivity contribution in [1.29, 1.82) is 0 Å². The van der Waals surface area contributed by atoms with Gasteiger partial charge in [-0.3, -0.25) is 9.59 Å². The Morgan fingerprint density at radius 1 is 1.50 bits per heavy atom. The van der Waals surface area contributed by atoms with Crippen molar-refractivity contribution in [3.8, 4) is 0 Å². The van der Waals surface area contributed by atoms with Crippen molar-refractivity contribution in [3.05, 3.63) is 33.5 Å². The van der Waals surface area contributed by atoms with Crippen molar-refractivity contribution >= 4 is 28.2 Å². The number of fused-ring (bicyclic) bond motifs is 1. The number of aryl methyl sites for hydroxylation is 1. The Morgan fingerprint density at radius 3 is 2.91 bits per heavy atom. The smallest absolute Gasteiger partial charge is 0.278 e. The largest absolute Gasteiger partial charge is 0.365 e. The first-order valence-electron chi connectivity index (χ1n) is 6.83. The van der Waals surface area contributed by atoms with Crippen LogP contribution >= 0.6 is 11.3 Å². The fourth-order valence-electron chi connectivity index (χ4n) is 2.52. The number of hydrogen-bond donors (Lipinski definition) is 2. The third-order valence-corrected chi connectivity index (χ3v) is 4.71. The molecule has 0 saturated heterocycles. The molecule has 8 heteroatoms. The molecule has 0 unspecified atom stereocenters. The molecular weight excluding hydrogens is 304 g/mol. The van der Waals surface area contributed by atoms with E-state index >= 15 is 0 Å². The van der Waals surface area contributed by atoms with Crippen LogP contribution in [0.15, 0.2) is 10.6 Å². The van der Waals surface area contributed by atoms with Gasteiger partial charge in [-0.15, -0.1) is 11.3 Å². The topological polar surface area (TPSA) is 101 Å². The molecule has 0 bridgehead atoms. The van der Waals surface area contributed by atoms with Gasteiger partial charge in [-0.25, -0.2) is 0 Å². The minimum atomic E-state index is -0.520. The Balaban J connectivity index is 1.93. The van der Waals surface area contributed by atoms with Gasteiger partial charge in [-0.05, 0) is 26.0 Å². The Kier molecular flexibility index (Phi) is 3.71. The molecular formula is C14H16N4O3S. The zero-order chi connectivity index (χ0) is 15.9. The molecule has 0 atom stereocenters. The molecule has 2 aromatic rings. The lowest BCUT2D eigenvalue weighted by molar-refractivity contribution is 0.1000. The SMILES string of the molecule is Cc1cc(C(=O)Nc2sc3c(c2C(N)=O)CCN(C)C3)no1. The summed E-state index contributed by atoms with van der Waals surface area (Å²) in [7, 11) is 2.02. The number of nitrogens with zero attached hydrogens (tertiary/aromatic N) is 2. The highest BCUT2D eigenvalue weighted by atomic mass is 32.1. The van der Waals surface area contributed by atoms with Crippen LogP contribution in [0.5, 0.6) is 0 Å². The summed E-state index contributed by atoms with van der Waals surface area (Å²) < 4.78 is 4.89. The van der Waals surface area contributed by atoms with Gasteiger partial charge in [0.15, 0.2) is 5.69 Å². The van der Waals surface area contributed by atoms with Gasteiger partial charge in [-0.2, -0.15) is 0 Å². The molecule has 0 aliphatic carbocycles. The summed E-state index contributed by atoms with van der Waals surface area (Å²) in [6.07, 6.45) is 0.750. The molecule has 0 saturated carbocycles. The second-order valence-electron chi connectivity index (χ2n) is 5.34. The minimum absolute atomic E-state index is 0.177. The molecule has 22 heavy (non-hydrogen) atoms. The Bertz CT molecular complexity index is 749. The number of aromatic nitrogens is 1. The maximum absolute atomic E-state index is 12.2. The van der Waals surface area contributed by atoms with E-state index in [1.54, 1.807) is 13.0 Å². The maximum Gasteiger partial charge on any atom is 0.278 e. The zero-order valence-electron chi connectivity index (χ0n) is 12.3. The van der Waals surface area contributed by atoms with Crippen LogP contribution in [0.4, 0.5) is 5.00 Å². The lowest BCUT2D eigenvalue weighted by atomic mass is 10.0. The summed E-state index contributed by atoms with van der Waals surface area (Å²) in [5, 5.41) is 6.89. The molecule has 2 aromatic heterocycles. The monoisotopic (exact) mass is 320 g/mol. The average Bonchev–Trinajstić information content (AvgIpc) is 3.01. The third-order valence-electron chi connectivity index (χ3n) is 3.58. The fourth-order valence-corrected chi connectivity index (χ4v) is 3.85. The van der Waals surface area contributed by atoms with E-state index in [2.05, 4.69) is 15.4 Å². The number of carbonyl (C=O) groups excluding carboxylic acids is 2. The van der Waals surface area contributed by atoms with Crippen molar-refractivity contribution in [3.63, 3.8) is 0 Å². The van der Waals surface area contributed by atoms with Crippen LogP contribution < -0.4 is 11.1 Å². The molecule has 0 radical (unpaired) electrons. The molecule has 0 aromatic carbocycles. The number of hydrogen-bond acceptors (Lipinski definition) is 6. The number of likely N-dealkylation sites (N-methyl/N-ethyl adjacent to an activating group) is 1. The second-order valence-corrected chi connectivity index (χ2v) is 6.44. The van der Waals surface area contributed by atoms with Crippen molar-refractivity contribution in [2.24, 2.45) is 5.73 Å². The minimum Gasteiger partial charge on any atom is -0.365 e. The van der Waals surface area contributed by atoms with Gasteiger partial charge in [0.25, 0.3) is 11.8 Å². The summed E-state index contributed by atoms with van der Waals surface area (Å²) in [6, 6.07) is 1.54. The molecule has 3 heterocycles. The zero-order valence-corrected chi connectivity index (χ0v) is 13.1. The van der Waals surface area contributed by atoms with E-state index in [0.29, 0.717) is 16.3 Å². The Labute approximate surface area is 131 Å². The van der Waals surface area contributed by atoms with Crippen LogP contribution in [0.3, 0.4) is 0 Å². The number of nitrogens with one attached hydrogen (secondary N) is 1. The molecule has 2 amide bonds. The number of primary amides is 1. The van der Waals surface area contributed by atoms with E-state index in [-0.39, 0.29) is 5.69 Å². The number of rotatable bonds is 3. The fraction of sp³-hybridized carbons (Fsp3) is 0.357. The van der Waals surface area contributed by atoms with Gasteiger partial charge in [-0.1, -0.05) is 5.16 Å². The number of carbonyl (C=O) groups is 2. The number of anilines is 1. The van der Waals surface area contributed by atoms with Crippen molar-refractivity contribution in [2.75, 3.05) is 18.9 Å². The number of amides is 2. The van der Waals surface area contributed by atoms with Gasteiger partial charge >= 0.3 is 0 Å². The third kappa shape index (κ3) is 2.62. The highest BCUT2D eigenvalue weighted by molar-refractivity contribution is 7.17. The van der Waals surface area contributed by atoms with Gasteiger partial charge in [0.05, 0.1) is 5.56 Å². The quantitative estimate of drug-likeness (QED) is 0.889. The predicted octanol–water partition coefficient (Wildman–Crippen LogP) is 1.38. The van der Waals surface area contributed by atoms with Crippen LogP contribution in [0.25, 0.3) is 0 Å². The van der Waals surface area contributed by atoms with Crippen LogP contribution in [0, 0.1) is 6.92 Å². The van der Waals surface area contributed by atoms with Gasteiger partial charge in [0.2, 0.25) is 0 Å². The molecule has 3 rings (SSSR count). The van der Waals surface area contributed by atoms with E-state index in [1.165, 1.54) is 11.3 Å². The highest BCUT2D eigenvalue weighted by Crippen LogP contribution is 2.36. The molecule has 0 fully saturated rings. The lowest BCUT2D eigenvalue weighted by Gasteiger charge is -2.22. The van der Waals surface area contributed by atoms with Crippen molar-refractivity contribution in [2.45, 2.75) is 19.9 Å². The Morgan fingerprint density at radius 2 is 2.27 bits per heavy atom. The van der Waals surface area contributed by atoms with E-state index in [0.717, 1.165) is 30.0 Å². The molecule has 7 nitrogen and oxygen atoms in total. The van der Waals surface area contributed by atoms with E-state index in [9.17, 15) is 9.59 Å². The number of thiophene rings is 1. The molecule has 116 valence electrons. The second kappa shape index (κ2) is 5.54. The highest BCUT2D eigenvalue weighted by Gasteiger charge is 2.27. The first-order chi connectivity index (χ1) is 10.5. The van der Waals surface area contributed by atoms with Crippen LogP contribution in [-0.4, -0.2) is 35.5 Å². The maximum atomic E-state index is 12.2. The summed E-state index contributed by atoms with van der Waals surface area (Å²) in [4.78, 5) is 27.2. The van der Waals surface area contributed by atoms with Crippen molar-refractivity contribution in [1.82, 2.24) is 10.1 Å². The van der Waals surface area contributed by atoms with Crippen LogP contribution in [-0.2, 0) is 13.0 Å². The normalized spacial score (nSPS) is 14.6. The summed E-state index contributed by atoms with van der Waals surface area (Å²) >= 11 is 1.39.